The molecule has 1 heterocycles. The highest BCUT2D eigenvalue weighted by Crippen LogP contribution is 2.59. The topological polar surface area (TPSA) is 84.6 Å². The number of piperazine rings is 1. The third-order valence-corrected chi connectivity index (χ3v) is 4.58. The van der Waals surface area contributed by atoms with Gasteiger partial charge in [-0.05, 0) is 5.41 Å². The number of carboxylic acid groups (broad SMARTS) is 1. The first-order chi connectivity index (χ1) is 9.39. The fourth-order valence-electron chi connectivity index (χ4n) is 3.16. The second-order valence-electron chi connectivity index (χ2n) is 6.19. The van der Waals surface area contributed by atoms with Crippen molar-refractivity contribution in [3.05, 3.63) is 0 Å². The number of aliphatic carboxylic acids is 1. The number of carbonyl (C=O) groups is 2. The fraction of sp³-hybridized carbons (Fsp3) is 0.786. The van der Waals surface area contributed by atoms with Crippen LogP contribution in [-0.4, -0.2) is 59.5 Å². The van der Waals surface area contributed by atoms with Crippen molar-refractivity contribution in [3.63, 3.8) is 0 Å². The Kier molecular flexibility index (Phi) is 4.00. The van der Waals surface area contributed by atoms with E-state index in [1.165, 1.54) is 0 Å². The van der Waals surface area contributed by atoms with Crippen LogP contribution in [0.4, 0.5) is 0 Å². The summed E-state index contributed by atoms with van der Waals surface area (Å²) in [7, 11) is 0. The standard InChI is InChI=1S/C14H21N3O3/c1-14(2)10(11(14)13(19)20)12(18)17-8-6-16(7-9-17)5-3-4-15/h10-11H,3,5-9H2,1-2H3,(H,19,20)/t10-,11-/m1/s1. The van der Waals surface area contributed by atoms with Gasteiger partial charge in [-0.15, -0.1) is 0 Å². The molecule has 1 aliphatic heterocycles. The van der Waals surface area contributed by atoms with E-state index in [2.05, 4.69) is 11.0 Å². The lowest BCUT2D eigenvalue weighted by molar-refractivity contribution is -0.142. The highest BCUT2D eigenvalue weighted by atomic mass is 16.4. The Morgan fingerprint density at radius 2 is 1.85 bits per heavy atom. The van der Waals surface area contributed by atoms with Gasteiger partial charge in [-0.1, -0.05) is 13.8 Å². The van der Waals surface area contributed by atoms with Crippen LogP contribution in [0.3, 0.4) is 0 Å². The molecule has 110 valence electrons. The molecule has 1 aliphatic carbocycles. The zero-order chi connectivity index (χ0) is 14.9. The van der Waals surface area contributed by atoms with Gasteiger partial charge in [0.05, 0.1) is 17.9 Å². The predicted molar refractivity (Wildman–Crippen MR) is 71.6 cm³/mol. The highest BCUT2D eigenvalue weighted by Gasteiger charge is 2.66. The average molecular weight is 279 g/mol. The smallest absolute Gasteiger partial charge is 0.307 e. The Bertz CT molecular complexity index is 447. The SMILES string of the molecule is CC1(C)[C@@H](C(=O)O)[C@@H]1C(=O)N1CCN(CCC#N)CC1. The summed E-state index contributed by atoms with van der Waals surface area (Å²) in [5.41, 5.74) is -0.430. The van der Waals surface area contributed by atoms with Crippen molar-refractivity contribution in [2.24, 2.45) is 17.3 Å². The van der Waals surface area contributed by atoms with Crippen molar-refractivity contribution in [3.8, 4) is 6.07 Å². The first-order valence-corrected chi connectivity index (χ1v) is 7.00. The Labute approximate surface area is 119 Å². The van der Waals surface area contributed by atoms with E-state index in [4.69, 9.17) is 10.4 Å². The molecule has 0 aromatic carbocycles. The summed E-state index contributed by atoms with van der Waals surface area (Å²) in [5.74, 6) is -1.83. The predicted octanol–water partition coefficient (Wildman–Crippen LogP) is 0.401. The summed E-state index contributed by atoms with van der Waals surface area (Å²) in [6.45, 7) is 7.21. The number of carbonyl (C=O) groups excluding carboxylic acids is 1. The third-order valence-electron chi connectivity index (χ3n) is 4.58. The Morgan fingerprint density at radius 3 is 2.30 bits per heavy atom. The fourth-order valence-corrected chi connectivity index (χ4v) is 3.16. The van der Waals surface area contributed by atoms with Gasteiger partial charge in [0.25, 0.3) is 0 Å². The molecule has 20 heavy (non-hydrogen) atoms. The molecule has 0 spiro atoms. The van der Waals surface area contributed by atoms with Crippen molar-refractivity contribution in [2.75, 3.05) is 32.7 Å². The quantitative estimate of drug-likeness (QED) is 0.805. The average Bonchev–Trinajstić information content (AvgIpc) is 2.99. The van der Waals surface area contributed by atoms with E-state index >= 15 is 0 Å². The highest BCUT2D eigenvalue weighted by molar-refractivity contribution is 5.91. The van der Waals surface area contributed by atoms with Crippen molar-refractivity contribution in [1.82, 2.24) is 9.80 Å². The van der Waals surface area contributed by atoms with Crippen LogP contribution in [0.15, 0.2) is 0 Å². The van der Waals surface area contributed by atoms with Crippen LogP contribution >= 0.6 is 0 Å². The van der Waals surface area contributed by atoms with Gasteiger partial charge in [-0.2, -0.15) is 5.26 Å². The van der Waals surface area contributed by atoms with Crippen LogP contribution in [0.1, 0.15) is 20.3 Å². The molecule has 0 radical (unpaired) electrons. The van der Waals surface area contributed by atoms with Crippen LogP contribution in [0.25, 0.3) is 0 Å². The second kappa shape index (κ2) is 5.41. The molecule has 0 unspecified atom stereocenters. The number of nitrogens with zero attached hydrogens (tertiary/aromatic N) is 3. The molecule has 0 aromatic heterocycles. The summed E-state index contributed by atoms with van der Waals surface area (Å²) in [6.07, 6.45) is 0.505. The van der Waals surface area contributed by atoms with E-state index in [0.717, 1.165) is 19.6 Å². The van der Waals surface area contributed by atoms with Crippen molar-refractivity contribution < 1.29 is 14.7 Å². The number of rotatable bonds is 4. The molecular formula is C14H21N3O3. The minimum Gasteiger partial charge on any atom is -0.481 e. The number of carboxylic acids is 1. The molecule has 2 atom stereocenters. The van der Waals surface area contributed by atoms with Gasteiger partial charge in [-0.3, -0.25) is 14.5 Å². The summed E-state index contributed by atoms with van der Waals surface area (Å²) in [5, 5.41) is 17.7. The van der Waals surface area contributed by atoms with Gasteiger partial charge < -0.3 is 10.0 Å². The van der Waals surface area contributed by atoms with E-state index < -0.39 is 17.3 Å². The molecule has 1 saturated carbocycles. The minimum atomic E-state index is -0.874. The number of nitriles is 1. The van der Waals surface area contributed by atoms with Gasteiger partial charge in [-0.25, -0.2) is 0 Å². The summed E-state index contributed by atoms with van der Waals surface area (Å²) < 4.78 is 0. The van der Waals surface area contributed by atoms with Crippen LogP contribution in [0.2, 0.25) is 0 Å². The summed E-state index contributed by atoms with van der Waals surface area (Å²) >= 11 is 0. The molecule has 2 fully saturated rings. The van der Waals surface area contributed by atoms with Crippen LogP contribution < -0.4 is 0 Å². The van der Waals surface area contributed by atoms with Gasteiger partial charge in [0.15, 0.2) is 0 Å². The van der Waals surface area contributed by atoms with Crippen LogP contribution in [0.5, 0.6) is 0 Å². The maximum absolute atomic E-state index is 12.4. The minimum absolute atomic E-state index is 0.0256. The molecule has 2 rings (SSSR count). The van der Waals surface area contributed by atoms with Crippen LogP contribution in [-0.2, 0) is 9.59 Å². The molecule has 1 amide bonds. The molecule has 0 aromatic rings. The van der Waals surface area contributed by atoms with E-state index in [0.29, 0.717) is 19.5 Å². The normalized spacial score (nSPS) is 28.8. The lowest BCUT2D eigenvalue weighted by atomic mass is 10.1. The maximum Gasteiger partial charge on any atom is 0.307 e. The maximum atomic E-state index is 12.4. The van der Waals surface area contributed by atoms with Gasteiger partial charge in [0, 0.05) is 39.1 Å². The first-order valence-electron chi connectivity index (χ1n) is 7.00. The molecule has 2 aliphatic rings. The lowest BCUT2D eigenvalue weighted by Crippen LogP contribution is -2.49. The van der Waals surface area contributed by atoms with E-state index in [1.54, 1.807) is 4.90 Å². The van der Waals surface area contributed by atoms with Gasteiger partial charge in [0.2, 0.25) is 5.91 Å². The summed E-state index contributed by atoms with van der Waals surface area (Å²) in [6, 6.07) is 2.12. The zero-order valence-electron chi connectivity index (χ0n) is 12.0. The van der Waals surface area contributed by atoms with Crippen LogP contribution in [0, 0.1) is 28.6 Å². The van der Waals surface area contributed by atoms with Crippen molar-refractivity contribution in [1.29, 1.82) is 5.26 Å². The monoisotopic (exact) mass is 279 g/mol. The Morgan fingerprint density at radius 1 is 1.25 bits per heavy atom. The Balaban J connectivity index is 1.87. The molecular weight excluding hydrogens is 258 g/mol. The van der Waals surface area contributed by atoms with Crippen molar-refractivity contribution >= 4 is 11.9 Å². The second-order valence-corrected chi connectivity index (χ2v) is 6.19. The molecule has 0 bridgehead atoms. The van der Waals surface area contributed by atoms with E-state index in [1.807, 2.05) is 13.8 Å². The van der Waals surface area contributed by atoms with Crippen molar-refractivity contribution in [2.45, 2.75) is 20.3 Å². The van der Waals surface area contributed by atoms with Gasteiger partial charge >= 0.3 is 5.97 Å². The largest absolute Gasteiger partial charge is 0.481 e. The first kappa shape index (κ1) is 14.8. The zero-order valence-corrected chi connectivity index (χ0v) is 12.0. The molecule has 1 N–H and O–H groups in total. The Hall–Kier alpha value is -1.61. The molecule has 1 saturated heterocycles. The molecule has 6 nitrogen and oxygen atoms in total. The van der Waals surface area contributed by atoms with E-state index in [-0.39, 0.29) is 11.8 Å². The number of amides is 1. The molecule has 6 heteroatoms. The lowest BCUT2D eigenvalue weighted by Gasteiger charge is -2.34. The van der Waals surface area contributed by atoms with Gasteiger partial charge in [0.1, 0.15) is 0 Å². The third kappa shape index (κ3) is 2.63. The number of hydrogen-bond acceptors (Lipinski definition) is 4. The van der Waals surface area contributed by atoms with E-state index in [9.17, 15) is 9.59 Å². The summed E-state index contributed by atoms with van der Waals surface area (Å²) in [4.78, 5) is 27.5. The number of hydrogen-bond donors (Lipinski definition) is 1.